The van der Waals surface area contributed by atoms with Crippen LogP contribution in [-0.4, -0.2) is 23.7 Å². The summed E-state index contributed by atoms with van der Waals surface area (Å²) in [5.74, 6) is 0.697. The highest BCUT2D eigenvalue weighted by Crippen LogP contribution is 2.24. The largest absolute Gasteiger partial charge is 0.482 e. The third-order valence-corrected chi connectivity index (χ3v) is 3.74. The second kappa shape index (κ2) is 8.96. The maximum Gasteiger partial charge on any atom is 0.277 e. The van der Waals surface area contributed by atoms with E-state index in [1.807, 2.05) is 6.07 Å². The third-order valence-electron chi connectivity index (χ3n) is 3.74. The predicted molar refractivity (Wildman–Crippen MR) is 103 cm³/mol. The summed E-state index contributed by atoms with van der Waals surface area (Å²) in [6.45, 7) is -0.303. The Labute approximate surface area is 165 Å². The maximum absolute atomic E-state index is 11.8. The van der Waals surface area contributed by atoms with E-state index in [1.165, 1.54) is 18.3 Å². The lowest BCUT2D eigenvalue weighted by Gasteiger charge is -2.05. The Morgan fingerprint density at radius 3 is 2.69 bits per heavy atom. The van der Waals surface area contributed by atoms with E-state index in [-0.39, 0.29) is 12.3 Å². The number of nitro groups is 1. The molecule has 1 N–H and O–H groups in total. The molecule has 0 bridgehead atoms. The van der Waals surface area contributed by atoms with E-state index in [4.69, 9.17) is 14.4 Å². The van der Waals surface area contributed by atoms with Gasteiger partial charge in [-0.3, -0.25) is 14.9 Å². The number of hydrogen-bond acceptors (Lipinski definition) is 7. The number of carbonyl (C=O) groups is 1. The minimum Gasteiger partial charge on any atom is -0.482 e. The molecule has 3 rings (SSSR count). The van der Waals surface area contributed by atoms with Crippen LogP contribution in [0.5, 0.6) is 5.75 Å². The van der Waals surface area contributed by atoms with Gasteiger partial charge in [-0.2, -0.15) is 10.4 Å². The highest BCUT2D eigenvalue weighted by Gasteiger charge is 2.08. The number of amides is 1. The molecule has 1 amide bonds. The van der Waals surface area contributed by atoms with Crippen LogP contribution in [0.25, 0.3) is 11.3 Å². The Kier molecular flexibility index (Phi) is 5.97. The van der Waals surface area contributed by atoms with Gasteiger partial charge < -0.3 is 9.15 Å². The lowest BCUT2D eigenvalue weighted by Crippen LogP contribution is -2.24. The van der Waals surface area contributed by atoms with E-state index >= 15 is 0 Å². The van der Waals surface area contributed by atoms with E-state index < -0.39 is 10.8 Å². The first-order valence-corrected chi connectivity index (χ1v) is 8.35. The molecule has 9 heteroatoms. The van der Waals surface area contributed by atoms with Crippen molar-refractivity contribution in [1.29, 1.82) is 5.26 Å². The van der Waals surface area contributed by atoms with Crippen molar-refractivity contribution in [2.75, 3.05) is 6.61 Å². The molecule has 0 spiro atoms. The zero-order valence-corrected chi connectivity index (χ0v) is 14.9. The van der Waals surface area contributed by atoms with Crippen LogP contribution < -0.4 is 10.2 Å². The Bertz CT molecular complexity index is 1100. The van der Waals surface area contributed by atoms with Crippen molar-refractivity contribution in [2.45, 2.75) is 0 Å². The molecule has 9 nitrogen and oxygen atoms in total. The normalized spacial score (nSPS) is 10.4. The number of benzene rings is 2. The molecule has 0 unspecified atom stereocenters. The van der Waals surface area contributed by atoms with Gasteiger partial charge in [-0.25, -0.2) is 5.43 Å². The van der Waals surface area contributed by atoms with Crippen LogP contribution in [0.1, 0.15) is 11.3 Å². The first-order chi connectivity index (χ1) is 14.1. The van der Waals surface area contributed by atoms with Crippen molar-refractivity contribution in [3.8, 4) is 23.1 Å². The standard InChI is InChI=1S/C20H14N4O5/c21-11-15-3-1-2-4-18(15)28-13-20(25)23-22-12-17-9-10-19(29-17)14-5-7-16(8-6-14)24(26)27/h1-10,12H,13H2,(H,23,25)/b22-12+. The van der Waals surface area contributed by atoms with Gasteiger partial charge in [-0.15, -0.1) is 0 Å². The van der Waals surface area contributed by atoms with Crippen molar-refractivity contribution in [2.24, 2.45) is 5.10 Å². The Morgan fingerprint density at radius 1 is 1.21 bits per heavy atom. The van der Waals surface area contributed by atoms with Crippen molar-refractivity contribution < 1.29 is 18.9 Å². The summed E-state index contributed by atoms with van der Waals surface area (Å²) >= 11 is 0. The van der Waals surface area contributed by atoms with Crippen LogP contribution in [0.3, 0.4) is 0 Å². The van der Waals surface area contributed by atoms with Crippen molar-refractivity contribution in [3.05, 3.63) is 82.1 Å². The number of nitriles is 1. The number of furan rings is 1. The molecular weight excluding hydrogens is 376 g/mol. The van der Waals surface area contributed by atoms with Crippen LogP contribution in [0.4, 0.5) is 5.69 Å². The molecule has 0 saturated carbocycles. The van der Waals surface area contributed by atoms with Gasteiger partial charge in [0.1, 0.15) is 23.3 Å². The van der Waals surface area contributed by atoms with Crippen LogP contribution in [0.15, 0.2) is 70.2 Å². The molecule has 1 aromatic heterocycles. The van der Waals surface area contributed by atoms with E-state index in [0.717, 1.165) is 0 Å². The summed E-state index contributed by atoms with van der Waals surface area (Å²) in [5, 5.41) is 23.5. The fraction of sp³-hybridized carbons (Fsp3) is 0.0500. The highest BCUT2D eigenvalue weighted by atomic mass is 16.6. The number of rotatable bonds is 7. The molecule has 0 aliphatic rings. The van der Waals surface area contributed by atoms with Gasteiger partial charge in [0, 0.05) is 17.7 Å². The SMILES string of the molecule is N#Cc1ccccc1OCC(=O)N/N=C/c1ccc(-c2ccc([N+](=O)[O-])cc2)o1. The number of non-ortho nitro benzene ring substituents is 1. The molecule has 3 aromatic rings. The van der Waals surface area contributed by atoms with Crippen LogP contribution in [0, 0.1) is 21.4 Å². The molecule has 0 aliphatic heterocycles. The zero-order chi connectivity index (χ0) is 20.6. The molecule has 0 radical (unpaired) electrons. The first kappa shape index (κ1) is 19.3. The third kappa shape index (κ3) is 5.05. The summed E-state index contributed by atoms with van der Waals surface area (Å²) in [6, 6.07) is 17.8. The van der Waals surface area contributed by atoms with E-state index in [0.29, 0.717) is 28.4 Å². The highest BCUT2D eigenvalue weighted by molar-refractivity contribution is 5.81. The molecule has 144 valence electrons. The second-order valence-corrected chi connectivity index (χ2v) is 5.70. The van der Waals surface area contributed by atoms with Gasteiger partial charge in [0.05, 0.1) is 16.7 Å². The molecule has 0 atom stereocenters. The summed E-state index contributed by atoms with van der Waals surface area (Å²) in [5.41, 5.74) is 3.29. The molecule has 29 heavy (non-hydrogen) atoms. The smallest absolute Gasteiger partial charge is 0.277 e. The number of para-hydroxylation sites is 1. The van der Waals surface area contributed by atoms with Gasteiger partial charge in [0.15, 0.2) is 6.61 Å². The predicted octanol–water partition coefficient (Wildman–Crippen LogP) is 3.26. The Balaban J connectivity index is 1.53. The number of hydrazone groups is 1. The topological polar surface area (TPSA) is 131 Å². The number of nitrogens with one attached hydrogen (secondary N) is 1. The lowest BCUT2D eigenvalue weighted by atomic mass is 10.1. The molecule has 1 heterocycles. The van der Waals surface area contributed by atoms with Gasteiger partial charge in [-0.05, 0) is 36.4 Å². The quantitative estimate of drug-likeness (QED) is 0.374. The average molecular weight is 390 g/mol. The minimum atomic E-state index is -0.504. The van der Waals surface area contributed by atoms with Crippen molar-refractivity contribution in [3.63, 3.8) is 0 Å². The summed E-state index contributed by atoms with van der Waals surface area (Å²) in [7, 11) is 0. The summed E-state index contributed by atoms with van der Waals surface area (Å²) in [4.78, 5) is 22.0. The van der Waals surface area contributed by atoms with Crippen LogP contribution >= 0.6 is 0 Å². The van der Waals surface area contributed by atoms with E-state index in [2.05, 4.69) is 10.5 Å². The van der Waals surface area contributed by atoms with Gasteiger partial charge in [-0.1, -0.05) is 12.1 Å². The molecule has 0 aliphatic carbocycles. The van der Waals surface area contributed by atoms with Gasteiger partial charge in [0.2, 0.25) is 0 Å². The number of nitrogens with zero attached hydrogens (tertiary/aromatic N) is 3. The molecule has 0 saturated heterocycles. The Morgan fingerprint density at radius 2 is 1.97 bits per heavy atom. The number of ether oxygens (including phenoxy) is 1. The summed E-state index contributed by atoms with van der Waals surface area (Å²) in [6.07, 6.45) is 1.32. The number of hydrogen-bond donors (Lipinski definition) is 1. The average Bonchev–Trinajstić information content (AvgIpc) is 3.21. The van der Waals surface area contributed by atoms with Crippen molar-refractivity contribution in [1.82, 2.24) is 5.43 Å². The minimum absolute atomic E-state index is 0.00980. The molecule has 2 aromatic carbocycles. The first-order valence-electron chi connectivity index (χ1n) is 8.35. The summed E-state index contributed by atoms with van der Waals surface area (Å²) < 4.78 is 10.9. The lowest BCUT2D eigenvalue weighted by molar-refractivity contribution is -0.384. The fourth-order valence-electron chi connectivity index (χ4n) is 2.35. The van der Waals surface area contributed by atoms with Crippen LogP contribution in [-0.2, 0) is 4.79 Å². The van der Waals surface area contributed by atoms with Gasteiger partial charge >= 0.3 is 0 Å². The molecular formula is C20H14N4O5. The monoisotopic (exact) mass is 390 g/mol. The van der Waals surface area contributed by atoms with Crippen LogP contribution in [0.2, 0.25) is 0 Å². The number of carbonyl (C=O) groups excluding carboxylic acids is 1. The second-order valence-electron chi connectivity index (χ2n) is 5.70. The van der Waals surface area contributed by atoms with Gasteiger partial charge in [0.25, 0.3) is 11.6 Å². The van der Waals surface area contributed by atoms with Crippen molar-refractivity contribution >= 4 is 17.8 Å². The number of nitro benzene ring substituents is 1. The fourth-order valence-corrected chi connectivity index (χ4v) is 2.35. The van der Waals surface area contributed by atoms with E-state index in [1.54, 1.807) is 48.5 Å². The zero-order valence-electron chi connectivity index (χ0n) is 14.9. The Hall–Kier alpha value is -4.45. The maximum atomic E-state index is 11.8. The van der Waals surface area contributed by atoms with E-state index in [9.17, 15) is 14.9 Å². The molecule has 0 fully saturated rings.